The molecule has 0 aliphatic carbocycles. The van der Waals surface area contributed by atoms with Gasteiger partial charge in [0.2, 0.25) is 5.91 Å². The van der Waals surface area contributed by atoms with E-state index in [1.54, 1.807) is 12.5 Å². The second kappa shape index (κ2) is 7.01. The molecule has 126 valence electrons. The van der Waals surface area contributed by atoms with Crippen LogP contribution in [-0.2, 0) is 11.2 Å². The molecule has 0 bridgehead atoms. The molecule has 2 aromatic carbocycles. The number of nitrogens with zero attached hydrogens (tertiary/aromatic N) is 3. The third-order valence-corrected chi connectivity index (χ3v) is 4.97. The van der Waals surface area contributed by atoms with E-state index in [1.165, 1.54) is 10.8 Å². The summed E-state index contributed by atoms with van der Waals surface area (Å²) in [4.78, 5) is 23.1. The molecule has 25 heavy (non-hydrogen) atoms. The average molecular weight is 331 g/mol. The van der Waals surface area contributed by atoms with E-state index in [0.717, 1.165) is 37.2 Å². The lowest BCUT2D eigenvalue weighted by molar-refractivity contribution is -0.131. The van der Waals surface area contributed by atoms with Gasteiger partial charge in [-0.05, 0) is 35.2 Å². The highest BCUT2D eigenvalue weighted by Crippen LogP contribution is 2.25. The van der Waals surface area contributed by atoms with Gasteiger partial charge in [-0.3, -0.25) is 4.79 Å². The van der Waals surface area contributed by atoms with Crippen LogP contribution in [0, 0.1) is 0 Å². The number of piperidine rings is 1. The quantitative estimate of drug-likeness (QED) is 0.737. The molecule has 3 aromatic rings. The van der Waals surface area contributed by atoms with Gasteiger partial charge in [-0.1, -0.05) is 42.5 Å². The van der Waals surface area contributed by atoms with E-state index in [1.807, 2.05) is 23.1 Å². The molecule has 0 radical (unpaired) electrons. The number of hydrogen-bond donors (Lipinski definition) is 0. The number of amides is 1. The van der Waals surface area contributed by atoms with Crippen LogP contribution < -0.4 is 0 Å². The number of fused-ring (bicyclic) bond motifs is 1. The van der Waals surface area contributed by atoms with Crippen molar-refractivity contribution in [1.29, 1.82) is 0 Å². The van der Waals surface area contributed by atoms with Crippen LogP contribution in [0.15, 0.2) is 61.1 Å². The number of hydrogen-bond acceptors (Lipinski definition) is 3. The van der Waals surface area contributed by atoms with Gasteiger partial charge in [0.15, 0.2) is 0 Å². The number of carbonyl (C=O) groups excluding carboxylic acids is 1. The highest BCUT2D eigenvalue weighted by molar-refractivity contribution is 5.85. The summed E-state index contributed by atoms with van der Waals surface area (Å²) in [5.41, 5.74) is 2.12. The topological polar surface area (TPSA) is 46.1 Å². The first kappa shape index (κ1) is 15.8. The zero-order valence-electron chi connectivity index (χ0n) is 14.1. The van der Waals surface area contributed by atoms with E-state index in [-0.39, 0.29) is 5.91 Å². The van der Waals surface area contributed by atoms with Crippen molar-refractivity contribution in [3.8, 4) is 0 Å². The summed E-state index contributed by atoms with van der Waals surface area (Å²) in [6.07, 6.45) is 5.93. The Morgan fingerprint density at radius 3 is 2.84 bits per heavy atom. The van der Waals surface area contributed by atoms with Crippen molar-refractivity contribution in [2.24, 2.45) is 0 Å². The fraction of sp³-hybridized carbons (Fsp3) is 0.286. The molecular weight excluding hydrogens is 310 g/mol. The molecule has 1 atom stereocenters. The smallest absolute Gasteiger partial charge is 0.227 e. The maximum atomic E-state index is 12.8. The molecule has 1 fully saturated rings. The fourth-order valence-electron chi connectivity index (χ4n) is 3.62. The minimum absolute atomic E-state index is 0.203. The summed E-state index contributed by atoms with van der Waals surface area (Å²) in [7, 11) is 0. The molecule has 1 aliphatic rings. The predicted molar refractivity (Wildman–Crippen MR) is 98.2 cm³/mol. The molecule has 1 aromatic heterocycles. The summed E-state index contributed by atoms with van der Waals surface area (Å²) >= 11 is 0. The minimum Gasteiger partial charge on any atom is -0.342 e. The number of carbonyl (C=O) groups is 1. The summed E-state index contributed by atoms with van der Waals surface area (Å²) in [6, 6.07) is 16.5. The highest BCUT2D eigenvalue weighted by atomic mass is 16.2. The van der Waals surface area contributed by atoms with E-state index in [9.17, 15) is 4.79 Å². The molecule has 0 saturated carbocycles. The fourth-order valence-corrected chi connectivity index (χ4v) is 3.62. The summed E-state index contributed by atoms with van der Waals surface area (Å²) in [5, 5.41) is 2.39. The first-order chi connectivity index (χ1) is 12.3. The molecule has 1 unspecified atom stereocenters. The molecule has 4 nitrogen and oxygen atoms in total. The Morgan fingerprint density at radius 2 is 2.00 bits per heavy atom. The minimum atomic E-state index is 0.203. The number of rotatable bonds is 3. The van der Waals surface area contributed by atoms with Crippen LogP contribution in [0.4, 0.5) is 0 Å². The van der Waals surface area contributed by atoms with Crippen molar-refractivity contribution in [3.05, 3.63) is 72.3 Å². The van der Waals surface area contributed by atoms with Gasteiger partial charge < -0.3 is 4.90 Å². The Hall–Kier alpha value is -2.75. The third-order valence-electron chi connectivity index (χ3n) is 4.97. The van der Waals surface area contributed by atoms with E-state index >= 15 is 0 Å². The Bertz CT molecular complexity index is 878. The number of aromatic nitrogens is 2. The molecule has 1 amide bonds. The second-order valence-corrected chi connectivity index (χ2v) is 6.67. The van der Waals surface area contributed by atoms with Gasteiger partial charge in [0.1, 0.15) is 6.33 Å². The van der Waals surface area contributed by atoms with Crippen LogP contribution in [0.2, 0.25) is 0 Å². The third kappa shape index (κ3) is 3.53. The molecular formula is C21H21N3O. The molecule has 4 heteroatoms. The van der Waals surface area contributed by atoms with Gasteiger partial charge in [0.25, 0.3) is 0 Å². The summed E-state index contributed by atoms with van der Waals surface area (Å²) < 4.78 is 0. The highest BCUT2D eigenvalue weighted by Gasteiger charge is 2.25. The molecule has 4 rings (SSSR count). The van der Waals surface area contributed by atoms with Crippen LogP contribution in [0.1, 0.15) is 30.0 Å². The van der Waals surface area contributed by atoms with Crippen molar-refractivity contribution < 1.29 is 4.79 Å². The van der Waals surface area contributed by atoms with Crippen molar-refractivity contribution >= 4 is 16.7 Å². The van der Waals surface area contributed by atoms with Crippen LogP contribution in [0.3, 0.4) is 0 Å². The van der Waals surface area contributed by atoms with Crippen molar-refractivity contribution in [2.75, 3.05) is 13.1 Å². The Labute approximate surface area is 147 Å². The van der Waals surface area contributed by atoms with Gasteiger partial charge >= 0.3 is 0 Å². The number of likely N-dealkylation sites (tertiary alicyclic amines) is 1. The van der Waals surface area contributed by atoms with Crippen molar-refractivity contribution in [1.82, 2.24) is 14.9 Å². The molecule has 2 heterocycles. The average Bonchev–Trinajstić information content (AvgIpc) is 2.69. The first-order valence-electron chi connectivity index (χ1n) is 8.81. The lowest BCUT2D eigenvalue weighted by atomic mass is 9.94. The zero-order valence-corrected chi connectivity index (χ0v) is 14.1. The Kier molecular flexibility index (Phi) is 4.42. The molecule has 0 spiro atoms. The SMILES string of the molecule is O=C(Cc1ccc2ccccc2c1)N1CCCC(c2ccncn2)C1. The Balaban J connectivity index is 1.46. The van der Waals surface area contributed by atoms with Gasteiger partial charge in [-0.15, -0.1) is 0 Å². The van der Waals surface area contributed by atoms with Gasteiger partial charge in [-0.2, -0.15) is 0 Å². The first-order valence-corrected chi connectivity index (χ1v) is 8.81. The van der Waals surface area contributed by atoms with Crippen molar-refractivity contribution in [2.45, 2.75) is 25.2 Å². The van der Waals surface area contributed by atoms with Gasteiger partial charge in [0.05, 0.1) is 6.42 Å². The maximum Gasteiger partial charge on any atom is 0.227 e. The predicted octanol–water partition coefficient (Wildman–Crippen LogP) is 3.58. The molecule has 0 N–H and O–H groups in total. The zero-order chi connectivity index (χ0) is 17.1. The number of benzene rings is 2. The lowest BCUT2D eigenvalue weighted by Gasteiger charge is -2.32. The van der Waals surface area contributed by atoms with Crippen LogP contribution in [-0.4, -0.2) is 33.9 Å². The van der Waals surface area contributed by atoms with Gasteiger partial charge in [-0.25, -0.2) is 9.97 Å². The molecule has 1 saturated heterocycles. The largest absolute Gasteiger partial charge is 0.342 e. The van der Waals surface area contributed by atoms with Gasteiger partial charge in [0, 0.05) is 30.9 Å². The normalized spacial score (nSPS) is 17.6. The second-order valence-electron chi connectivity index (χ2n) is 6.67. The van der Waals surface area contributed by atoms with Crippen molar-refractivity contribution in [3.63, 3.8) is 0 Å². The molecule has 1 aliphatic heterocycles. The van der Waals surface area contributed by atoms with Crippen LogP contribution in [0.5, 0.6) is 0 Å². The Morgan fingerprint density at radius 1 is 1.12 bits per heavy atom. The van der Waals surface area contributed by atoms with E-state index in [2.05, 4.69) is 40.3 Å². The van der Waals surface area contributed by atoms with Crippen LogP contribution >= 0.6 is 0 Å². The lowest BCUT2D eigenvalue weighted by Crippen LogP contribution is -2.40. The standard InChI is InChI=1S/C21H21N3O/c25-21(13-16-7-8-17-4-1-2-5-18(17)12-16)24-11-3-6-19(14-24)20-9-10-22-15-23-20/h1-2,4-5,7-10,12,15,19H,3,6,11,13-14H2. The summed E-state index contributed by atoms with van der Waals surface area (Å²) in [5.74, 6) is 0.520. The maximum absolute atomic E-state index is 12.8. The van der Waals surface area contributed by atoms with E-state index in [4.69, 9.17) is 0 Å². The van der Waals surface area contributed by atoms with E-state index < -0.39 is 0 Å². The van der Waals surface area contributed by atoms with E-state index in [0.29, 0.717) is 12.3 Å². The monoisotopic (exact) mass is 331 g/mol. The summed E-state index contributed by atoms with van der Waals surface area (Å²) in [6.45, 7) is 1.59. The van der Waals surface area contributed by atoms with Crippen LogP contribution in [0.25, 0.3) is 10.8 Å².